The maximum atomic E-state index is 13.3. The minimum absolute atomic E-state index is 0.119. The summed E-state index contributed by atoms with van der Waals surface area (Å²) in [5.41, 5.74) is 2.15. The van der Waals surface area contributed by atoms with Gasteiger partial charge >= 0.3 is 0 Å². The monoisotopic (exact) mass is 359 g/mol. The summed E-state index contributed by atoms with van der Waals surface area (Å²) in [5, 5.41) is 6.82. The van der Waals surface area contributed by atoms with Crippen molar-refractivity contribution in [3.05, 3.63) is 65.2 Å². The van der Waals surface area contributed by atoms with Crippen LogP contribution in [0, 0.1) is 18.6 Å². The Labute approximate surface area is 147 Å². The molecular weight excluding hydrogens is 344 g/mol. The molecule has 2 aromatic carbocycles. The Bertz CT molecular complexity index is 909. The van der Waals surface area contributed by atoms with Crippen LogP contribution in [-0.4, -0.2) is 26.2 Å². The summed E-state index contributed by atoms with van der Waals surface area (Å²) < 4.78 is 26.3. The van der Waals surface area contributed by atoms with E-state index in [1.807, 2.05) is 31.2 Å². The summed E-state index contributed by atoms with van der Waals surface area (Å²) in [6.45, 7) is 3.67. The minimum atomic E-state index is -1.04. The summed E-state index contributed by atoms with van der Waals surface area (Å²) in [6.07, 6.45) is 0. The Morgan fingerprint density at radius 3 is 2.52 bits per heavy atom. The second-order valence-electron chi connectivity index (χ2n) is 5.59. The molecule has 3 rings (SSSR count). The number of halogens is 2. The number of H-pyrrole nitrogens is 1. The number of rotatable bonds is 5. The molecule has 0 aliphatic carbocycles. The van der Waals surface area contributed by atoms with Gasteiger partial charge in [0.05, 0.1) is 5.25 Å². The lowest BCUT2D eigenvalue weighted by molar-refractivity contribution is 0.0993. The molecule has 1 heterocycles. The zero-order valence-electron chi connectivity index (χ0n) is 13.6. The standard InChI is InChI=1S/C18H15F2N3OS/c1-10-3-5-12(6-4-10)17-21-18(23-22-17)25-11(2)16(24)13-7-8-14(19)15(20)9-13/h3-9,11H,1-2H3,(H,21,22,23)/t11-/m0/s1. The van der Waals surface area contributed by atoms with E-state index >= 15 is 0 Å². The normalized spacial score (nSPS) is 12.2. The van der Waals surface area contributed by atoms with E-state index in [-0.39, 0.29) is 11.3 Å². The third kappa shape index (κ3) is 3.93. The minimum Gasteiger partial charge on any atom is -0.293 e. The predicted molar refractivity (Wildman–Crippen MR) is 92.6 cm³/mol. The van der Waals surface area contributed by atoms with Crippen molar-refractivity contribution < 1.29 is 13.6 Å². The molecule has 0 saturated heterocycles. The SMILES string of the molecule is Cc1ccc(-c2nc(S[C@@H](C)C(=O)c3ccc(F)c(F)c3)n[nH]2)cc1. The van der Waals surface area contributed by atoms with Crippen LogP contribution in [0.15, 0.2) is 47.6 Å². The van der Waals surface area contributed by atoms with Crippen LogP contribution in [0.25, 0.3) is 11.4 Å². The van der Waals surface area contributed by atoms with Crippen molar-refractivity contribution in [3.8, 4) is 11.4 Å². The van der Waals surface area contributed by atoms with Crippen molar-refractivity contribution in [3.63, 3.8) is 0 Å². The van der Waals surface area contributed by atoms with Crippen molar-refractivity contribution in [2.45, 2.75) is 24.3 Å². The molecule has 3 aromatic rings. The van der Waals surface area contributed by atoms with Crippen LogP contribution in [0.1, 0.15) is 22.8 Å². The Morgan fingerprint density at radius 2 is 1.84 bits per heavy atom. The molecule has 0 radical (unpaired) electrons. The van der Waals surface area contributed by atoms with Gasteiger partial charge in [-0.2, -0.15) is 0 Å². The first-order valence-electron chi connectivity index (χ1n) is 7.59. The molecule has 0 unspecified atom stereocenters. The zero-order valence-corrected chi connectivity index (χ0v) is 14.4. The van der Waals surface area contributed by atoms with E-state index in [2.05, 4.69) is 15.2 Å². The van der Waals surface area contributed by atoms with Crippen molar-refractivity contribution in [2.75, 3.05) is 0 Å². The van der Waals surface area contributed by atoms with Gasteiger partial charge in [0.15, 0.2) is 23.2 Å². The van der Waals surface area contributed by atoms with Crippen LogP contribution in [0.2, 0.25) is 0 Å². The number of hydrogen-bond donors (Lipinski definition) is 1. The predicted octanol–water partition coefficient (Wildman–Crippen LogP) is 4.42. The van der Waals surface area contributed by atoms with Crippen LogP contribution in [-0.2, 0) is 0 Å². The molecule has 0 bridgehead atoms. The number of benzene rings is 2. The number of carbonyl (C=O) groups is 1. The molecule has 4 nitrogen and oxygen atoms in total. The van der Waals surface area contributed by atoms with E-state index in [0.717, 1.165) is 35.0 Å². The van der Waals surface area contributed by atoms with Gasteiger partial charge in [-0.3, -0.25) is 9.89 Å². The first-order valence-corrected chi connectivity index (χ1v) is 8.47. The van der Waals surface area contributed by atoms with Crippen LogP contribution in [0.3, 0.4) is 0 Å². The molecule has 0 fully saturated rings. The van der Waals surface area contributed by atoms with Gasteiger partial charge in [0.2, 0.25) is 5.16 Å². The molecule has 128 valence electrons. The zero-order chi connectivity index (χ0) is 18.0. The van der Waals surface area contributed by atoms with E-state index < -0.39 is 16.9 Å². The largest absolute Gasteiger partial charge is 0.293 e. The summed E-state index contributed by atoms with van der Waals surface area (Å²) in [5.74, 6) is -1.73. The summed E-state index contributed by atoms with van der Waals surface area (Å²) >= 11 is 1.16. The maximum absolute atomic E-state index is 13.3. The van der Waals surface area contributed by atoms with Crippen molar-refractivity contribution in [2.24, 2.45) is 0 Å². The third-order valence-electron chi connectivity index (χ3n) is 3.65. The topological polar surface area (TPSA) is 58.6 Å². The molecule has 1 N–H and O–H groups in total. The Morgan fingerprint density at radius 1 is 1.12 bits per heavy atom. The maximum Gasteiger partial charge on any atom is 0.209 e. The molecule has 25 heavy (non-hydrogen) atoms. The number of carbonyl (C=O) groups excluding carboxylic acids is 1. The smallest absolute Gasteiger partial charge is 0.209 e. The number of aromatic amines is 1. The molecule has 1 atom stereocenters. The fourth-order valence-corrected chi connectivity index (χ4v) is 3.04. The average Bonchev–Trinajstić information content (AvgIpc) is 3.05. The third-order valence-corrected chi connectivity index (χ3v) is 4.61. The number of nitrogens with zero attached hydrogens (tertiary/aromatic N) is 2. The highest BCUT2D eigenvalue weighted by Gasteiger charge is 2.20. The van der Waals surface area contributed by atoms with E-state index in [1.165, 1.54) is 6.07 Å². The van der Waals surface area contributed by atoms with Gasteiger partial charge in [-0.25, -0.2) is 13.8 Å². The Balaban J connectivity index is 1.72. The molecule has 0 saturated carbocycles. The van der Waals surface area contributed by atoms with Gasteiger partial charge in [-0.15, -0.1) is 5.10 Å². The number of aryl methyl sites for hydroxylation is 1. The van der Waals surface area contributed by atoms with Gasteiger partial charge in [0.1, 0.15) is 0 Å². The van der Waals surface area contributed by atoms with E-state index in [0.29, 0.717) is 11.0 Å². The fourth-order valence-electron chi connectivity index (χ4n) is 2.24. The Kier molecular flexibility index (Phi) is 4.94. The van der Waals surface area contributed by atoms with Gasteiger partial charge in [0.25, 0.3) is 0 Å². The molecular formula is C18H15F2N3OS. The molecule has 0 aliphatic heterocycles. The number of ketones is 1. The first kappa shape index (κ1) is 17.3. The van der Waals surface area contributed by atoms with Crippen molar-refractivity contribution in [1.82, 2.24) is 15.2 Å². The Hall–Kier alpha value is -2.54. The van der Waals surface area contributed by atoms with Crippen LogP contribution >= 0.6 is 11.8 Å². The number of aromatic nitrogens is 3. The highest BCUT2D eigenvalue weighted by molar-refractivity contribution is 8.00. The molecule has 0 spiro atoms. The molecule has 1 aromatic heterocycles. The lowest BCUT2D eigenvalue weighted by Crippen LogP contribution is -2.14. The quantitative estimate of drug-likeness (QED) is 0.541. The van der Waals surface area contributed by atoms with Gasteiger partial charge in [-0.05, 0) is 32.0 Å². The lowest BCUT2D eigenvalue weighted by Gasteiger charge is -2.08. The average molecular weight is 359 g/mol. The number of Topliss-reactive ketones (excluding diaryl/α,β-unsaturated/α-hetero) is 1. The molecule has 7 heteroatoms. The fraction of sp³-hybridized carbons (Fsp3) is 0.167. The van der Waals surface area contributed by atoms with E-state index in [9.17, 15) is 13.6 Å². The molecule has 0 amide bonds. The second kappa shape index (κ2) is 7.14. The van der Waals surface area contributed by atoms with E-state index in [4.69, 9.17) is 0 Å². The number of thioether (sulfide) groups is 1. The summed E-state index contributed by atoms with van der Waals surface area (Å²) in [7, 11) is 0. The lowest BCUT2D eigenvalue weighted by atomic mass is 10.1. The highest BCUT2D eigenvalue weighted by atomic mass is 32.2. The number of nitrogens with one attached hydrogen (secondary N) is 1. The van der Waals surface area contributed by atoms with Gasteiger partial charge < -0.3 is 0 Å². The van der Waals surface area contributed by atoms with Crippen LogP contribution < -0.4 is 0 Å². The van der Waals surface area contributed by atoms with Gasteiger partial charge in [0, 0.05) is 11.1 Å². The van der Waals surface area contributed by atoms with Crippen molar-refractivity contribution in [1.29, 1.82) is 0 Å². The van der Waals surface area contributed by atoms with Gasteiger partial charge in [-0.1, -0.05) is 41.6 Å². The van der Waals surface area contributed by atoms with Crippen LogP contribution in [0.4, 0.5) is 8.78 Å². The van der Waals surface area contributed by atoms with Crippen LogP contribution in [0.5, 0.6) is 0 Å². The van der Waals surface area contributed by atoms with Crippen molar-refractivity contribution >= 4 is 17.5 Å². The molecule has 0 aliphatic rings. The second-order valence-corrected chi connectivity index (χ2v) is 6.89. The van der Waals surface area contributed by atoms with E-state index in [1.54, 1.807) is 6.92 Å². The summed E-state index contributed by atoms with van der Waals surface area (Å²) in [4.78, 5) is 16.7. The highest BCUT2D eigenvalue weighted by Crippen LogP contribution is 2.25. The number of hydrogen-bond acceptors (Lipinski definition) is 4. The summed E-state index contributed by atoms with van der Waals surface area (Å²) in [6, 6.07) is 10.9. The first-order chi connectivity index (χ1) is 11.9.